The Kier molecular flexibility index (Phi) is 21.2. The Morgan fingerprint density at radius 1 is 0.648 bits per heavy atom. The molecule has 0 aromatic heterocycles. The first-order valence-electron chi connectivity index (χ1n) is 28.6. The number of ether oxygens (including phenoxy) is 4. The molecule has 0 radical (unpaired) electrons. The van der Waals surface area contributed by atoms with Crippen molar-refractivity contribution in [3.05, 3.63) is 72.1 Å². The number of carboxylic acid groups (broad SMARTS) is 1. The van der Waals surface area contributed by atoms with Crippen molar-refractivity contribution >= 4 is 36.4 Å². The van der Waals surface area contributed by atoms with Crippen LogP contribution in [0, 0.1) is 86.3 Å². The average Bonchev–Trinajstić information content (AvgIpc) is 1.51. The predicted octanol–water partition coefficient (Wildman–Crippen LogP) is -7.29. The number of aliphatic hydroxyl groups is 7. The quantitative estimate of drug-likeness (QED) is 0.0563. The van der Waals surface area contributed by atoms with E-state index in [9.17, 15) is 55.2 Å². The number of esters is 2. The Bertz CT molecular complexity index is 2950. The number of halogens is 1. The molecule has 9 saturated carbocycles. The van der Waals surface area contributed by atoms with Crippen LogP contribution < -0.4 is 63.4 Å². The molecule has 2 aliphatic heterocycles. The number of carbonyl (C=O) groups is 3. The molecule has 2 heterocycles. The van der Waals surface area contributed by atoms with Gasteiger partial charge in [-0.2, -0.15) is 28.8 Å². The molecule has 11 aliphatic carbocycles. The Morgan fingerprint density at radius 3 is 1.52 bits per heavy atom. The smallest absolute Gasteiger partial charge is 0.481 e. The number of carboxylic acids is 1. The number of aliphatic hydroxyl groups excluding tert-OH is 4. The fraction of sp³-hybridized carbons (Fsp3) is 0.705. The van der Waals surface area contributed by atoms with Crippen LogP contribution in [0.15, 0.2) is 72.1 Å². The van der Waals surface area contributed by atoms with Crippen LogP contribution in [0.4, 0.5) is 0 Å². The second-order valence-electron chi connectivity index (χ2n) is 27.4. The van der Waals surface area contributed by atoms with E-state index in [0.717, 1.165) is 47.1 Å². The number of rotatable bonds is 3. The predicted molar refractivity (Wildman–Crippen MR) is 278 cm³/mol. The molecule has 8 bridgehead atoms. The summed E-state index contributed by atoms with van der Waals surface area (Å²) in [6.07, 6.45) is 11.5. The summed E-state index contributed by atoms with van der Waals surface area (Å²) in [6.45, 7) is 22.2. The zero-order valence-electron chi connectivity index (χ0n) is 50.5. The number of fused-ring (bicyclic) bond motifs is 8. The van der Waals surface area contributed by atoms with Gasteiger partial charge in [0, 0.05) is 22.7 Å². The van der Waals surface area contributed by atoms with E-state index >= 15 is 0 Å². The zero-order valence-corrected chi connectivity index (χ0v) is 54.6. The maximum absolute atomic E-state index is 13.0. The SMILES string of the molecule is C=C1C[C@]23C[C@@]1(O)CC[C@H]2C1=C[C@@H](O)[C@H](O)C(C)(C)[C@H]1[C@@H]3C(=O)OC.C=C1C[C@]23C[C@@]1(O)CC[C@H]2C1=C[C@@H](O)[C@H](O)[C@H](C)[C@H]1[C@@H]3C(=O)O.C=C1C[C@]23C[C@@]1(O)CC[C@H]2[C@@]12C=CO[C@H](O1)C(C)(C)[C@H]2[C@@H]3C(=O)OC.O=C=O.O=C=O.O=C=O.[Na+].[O-][I+3]([O-])([O-])[O-]. The van der Waals surface area contributed by atoms with Crippen LogP contribution in [0.1, 0.15) is 112 Å². The molecule has 22 atom stereocenters. The van der Waals surface area contributed by atoms with Gasteiger partial charge in [0.05, 0.1) is 79.5 Å². The molecule has 27 heteroatoms. The van der Waals surface area contributed by atoms with E-state index in [-0.39, 0.29) is 124 Å². The molecule has 4 spiro atoms. The molecule has 88 heavy (non-hydrogen) atoms. The Balaban J connectivity index is 0.000000189. The fourth-order valence-corrected chi connectivity index (χ4v) is 20.1. The molecule has 8 N–H and O–H groups in total. The van der Waals surface area contributed by atoms with Gasteiger partial charge in [-0.1, -0.05) is 77.7 Å². The first kappa shape index (κ1) is 73.1. The first-order chi connectivity index (χ1) is 40.2. The molecule has 0 unspecified atom stereocenters. The van der Waals surface area contributed by atoms with Gasteiger partial charge in [-0.15, -0.1) is 0 Å². The number of hydrogen-bond donors (Lipinski definition) is 8. The minimum Gasteiger partial charge on any atom is -0.481 e. The third-order valence-electron chi connectivity index (χ3n) is 23.0. The van der Waals surface area contributed by atoms with Gasteiger partial charge in [-0.05, 0) is 146 Å². The summed E-state index contributed by atoms with van der Waals surface area (Å²) >= 11 is -5.94. The van der Waals surface area contributed by atoms with Crippen LogP contribution in [-0.2, 0) is 62.1 Å². The van der Waals surface area contributed by atoms with Crippen molar-refractivity contribution in [2.75, 3.05) is 14.2 Å². The Hall–Kier alpha value is -3.96. The van der Waals surface area contributed by atoms with Gasteiger partial charge in [0.1, 0.15) is 25.7 Å². The number of methoxy groups -OCH3 is 2. The van der Waals surface area contributed by atoms with Crippen LogP contribution in [0.25, 0.3) is 0 Å². The van der Waals surface area contributed by atoms with E-state index in [1.54, 1.807) is 18.4 Å². The van der Waals surface area contributed by atoms with E-state index < -0.39 is 101 Å². The summed E-state index contributed by atoms with van der Waals surface area (Å²) in [6, 6.07) is 0. The van der Waals surface area contributed by atoms with Gasteiger partial charge in [0.15, 0.2) is 0 Å². The van der Waals surface area contributed by atoms with Crippen LogP contribution in [0.5, 0.6) is 0 Å². The average molecular weight is 1360 g/mol. The molecule has 0 aromatic rings. The molecular weight excluding hydrogens is 1280 g/mol. The summed E-state index contributed by atoms with van der Waals surface area (Å²) in [5, 5.41) is 84.3. The van der Waals surface area contributed by atoms with Gasteiger partial charge in [-0.3, -0.25) is 28.1 Å². The fourth-order valence-electron chi connectivity index (χ4n) is 20.1. The van der Waals surface area contributed by atoms with Gasteiger partial charge < -0.3 is 59.8 Å². The number of aliphatic carboxylic acids is 1. The van der Waals surface area contributed by atoms with Crippen molar-refractivity contribution in [3.63, 3.8) is 0 Å². The molecule has 13 rings (SSSR count). The third-order valence-corrected chi connectivity index (χ3v) is 23.0. The Labute approximate surface area is 536 Å². The van der Waals surface area contributed by atoms with E-state index in [0.29, 0.717) is 57.8 Å². The van der Waals surface area contributed by atoms with Gasteiger partial charge in [0.25, 0.3) is 0 Å². The summed E-state index contributed by atoms with van der Waals surface area (Å²) < 4.78 is 57.2. The first-order valence-corrected chi connectivity index (χ1v) is 32.1. The van der Waals surface area contributed by atoms with Crippen LogP contribution in [-0.4, -0.2) is 145 Å². The van der Waals surface area contributed by atoms with Crippen molar-refractivity contribution in [1.82, 2.24) is 0 Å². The summed E-state index contributed by atoms with van der Waals surface area (Å²) in [5.74, 6) is -3.21. The van der Waals surface area contributed by atoms with Gasteiger partial charge in [0.2, 0.25) is 6.29 Å². The van der Waals surface area contributed by atoms with Crippen molar-refractivity contribution in [3.8, 4) is 0 Å². The molecule has 1 saturated heterocycles. The van der Waals surface area contributed by atoms with E-state index in [4.69, 9.17) is 61.5 Å². The summed E-state index contributed by atoms with van der Waals surface area (Å²) in [4.78, 5) is 86.8. The minimum atomic E-state index is -5.94. The van der Waals surface area contributed by atoms with E-state index in [1.807, 2.05) is 26.8 Å². The van der Waals surface area contributed by atoms with Crippen LogP contribution in [0.2, 0.25) is 0 Å². The Morgan fingerprint density at radius 2 is 1.06 bits per heavy atom. The van der Waals surface area contributed by atoms with Crippen LogP contribution in [0.3, 0.4) is 0 Å². The molecule has 0 aromatic carbocycles. The van der Waals surface area contributed by atoms with Crippen molar-refractivity contribution in [2.24, 2.45) is 86.3 Å². The maximum atomic E-state index is 13.0. The van der Waals surface area contributed by atoms with Gasteiger partial charge in [-0.25, -0.2) is 0 Å². The monoisotopic (exact) mass is 1360 g/mol. The molecule has 480 valence electrons. The second-order valence-corrected chi connectivity index (χ2v) is 29.5. The second kappa shape index (κ2) is 25.5. The number of allylic oxidation sites excluding steroid dienone is 2. The third kappa shape index (κ3) is 11.4. The number of hydrogen-bond acceptors (Lipinski definition) is 24. The molecule has 0 amide bonds. The van der Waals surface area contributed by atoms with E-state index in [1.165, 1.54) is 14.2 Å². The zero-order chi connectivity index (χ0) is 65.5. The standard InChI is InChI=1S/C20H26O5.C20H28O5.C18H24O5.3CO2.IO4.Na/c1-11-9-18-10-19(11,22)6-5-12(18)20-7-8-24-16(25-20)17(2,3)14(20)13(18)15(21)23-4;1-10-8-19-9-20(10,24)6-5-12(19)11-7-13(21)16(22)18(2,3)14(11)15(19)17(23)25-4;1-8-6-17-7-18(8,23)4-3-11(17)10-5-12(19)15(20)9(2)13(10)14(17)16(21)22;3*2-1-3;2-1(3,4)5;/h7-8,12-14,16,22H,1,5-6,9-10H2,2-4H3;7,12-16,21-22,24H,1,5-6,8-9H2,2-4H3;5,9,11-15,19-20,23H,1,3-4,6-7H2,2H3,(H,21,22);;;;;/q;;;;;;-1;+1/t12-,13-,14-,16-,18+,19+,20-;12-,13+,14+,15+,16-,19-,20-;9-,11+,12-,13-,14-,15-,17+,18+;;;;;/m101...../s1. The molecule has 13 aliphatic rings. The summed E-state index contributed by atoms with van der Waals surface area (Å²) in [7, 11) is 2.86. The van der Waals surface area contributed by atoms with Crippen molar-refractivity contribution in [2.45, 2.75) is 165 Å². The van der Waals surface area contributed by atoms with Crippen LogP contribution >= 0.6 is 0 Å². The molecule has 10 fully saturated rings. The molecular formula is C61H78INaO25. The molecule has 25 nitrogen and oxygen atoms in total. The van der Waals surface area contributed by atoms with Gasteiger partial charge >= 0.3 is 65.9 Å². The minimum absolute atomic E-state index is 0. The summed E-state index contributed by atoms with van der Waals surface area (Å²) in [5.41, 5.74) is -1.01. The largest absolute Gasteiger partial charge is 1.00 e. The van der Waals surface area contributed by atoms with E-state index in [2.05, 4.69) is 33.6 Å². The van der Waals surface area contributed by atoms with Crippen molar-refractivity contribution < 1.29 is 166 Å². The normalized spacial score (nSPS) is 44.8. The number of carbonyl (C=O) groups excluding carboxylic acids is 8. The topological polar surface area (TPSA) is 445 Å². The maximum Gasteiger partial charge on any atom is 1.00 e. The van der Waals surface area contributed by atoms with Crippen molar-refractivity contribution in [1.29, 1.82) is 0 Å².